The maximum Gasteiger partial charge on any atom is 0.503 e. The van der Waals surface area contributed by atoms with Crippen molar-refractivity contribution in [1.82, 2.24) is 0 Å². The van der Waals surface area contributed by atoms with Crippen LogP contribution in [0.4, 0.5) is 9.59 Å². The van der Waals surface area contributed by atoms with E-state index >= 15 is 0 Å². The minimum Gasteiger partial charge on any atom is -0.469 e. The molecule has 0 heterocycles. The average Bonchev–Trinajstić information content (AvgIpc) is 2.01. The third-order valence-corrected chi connectivity index (χ3v) is 0.421. The van der Waals surface area contributed by atoms with E-state index < -0.39 is 17.7 Å². The van der Waals surface area contributed by atoms with Crippen LogP contribution in [0.2, 0.25) is 0 Å². The minimum atomic E-state index is -1.83. The zero-order valence-corrected chi connectivity index (χ0v) is 7.63. The van der Waals surface area contributed by atoms with E-state index in [9.17, 15) is 0 Å². The van der Waals surface area contributed by atoms with Crippen LogP contribution >= 0.6 is 11.6 Å². The van der Waals surface area contributed by atoms with E-state index in [1.807, 2.05) is 0 Å². The van der Waals surface area contributed by atoms with Crippen LogP contribution in [0.5, 0.6) is 0 Å². The molecule has 0 radical (unpaired) electrons. The number of rotatable bonds is 2. The van der Waals surface area contributed by atoms with Gasteiger partial charge in [-0.25, -0.2) is 9.59 Å². The Hall–Kier alpha value is -1.09. The zero-order valence-electron chi connectivity index (χ0n) is 6.87. The lowest BCUT2D eigenvalue weighted by Crippen LogP contribution is -2.15. The van der Waals surface area contributed by atoms with Crippen molar-refractivity contribution in [1.29, 1.82) is 0 Å². The fourth-order valence-corrected chi connectivity index (χ4v) is 0.0577. The molecule has 86 valence electrons. The molecule has 0 aromatic heterocycles. The van der Waals surface area contributed by atoms with Crippen LogP contribution in [-0.4, -0.2) is 61.5 Å². The summed E-state index contributed by atoms with van der Waals surface area (Å²) in [5.74, 6) is 0. The average molecular weight is 235 g/mol. The molecule has 0 bridgehead atoms. The van der Waals surface area contributed by atoms with Crippen LogP contribution < -0.4 is 0 Å². The van der Waals surface area contributed by atoms with Gasteiger partial charge in [0.1, 0.15) is 6.10 Å². The van der Waals surface area contributed by atoms with Gasteiger partial charge in [0, 0.05) is 11.6 Å². The molecule has 0 saturated heterocycles. The smallest absolute Gasteiger partial charge is 0.469 e. The largest absolute Gasteiger partial charge is 0.503 e. The van der Waals surface area contributed by atoms with Crippen molar-refractivity contribution in [3.63, 3.8) is 0 Å². The Morgan fingerprint density at radius 1 is 1.07 bits per heavy atom. The highest BCUT2D eigenvalue weighted by atomic mass is 35.5. The first-order valence-corrected chi connectivity index (χ1v) is 3.35. The van der Waals surface area contributed by atoms with Gasteiger partial charge in [0.25, 0.3) is 0 Å². The number of carboxylic acid groups (broad SMARTS) is 3. The van der Waals surface area contributed by atoms with Gasteiger partial charge in [-0.05, 0) is 0 Å². The molecule has 0 aliphatic carbocycles. The Bertz CT molecular complexity index is 125. The van der Waals surface area contributed by atoms with E-state index in [-0.39, 0.29) is 13.2 Å². The summed E-state index contributed by atoms with van der Waals surface area (Å²) in [6, 6.07) is 0. The van der Waals surface area contributed by atoms with E-state index in [2.05, 4.69) is 11.6 Å². The van der Waals surface area contributed by atoms with Gasteiger partial charge in [-0.2, -0.15) is 0 Å². The van der Waals surface area contributed by atoms with Crippen LogP contribution in [0.25, 0.3) is 0 Å². The molecule has 0 saturated carbocycles. The third-order valence-electron chi connectivity index (χ3n) is 0.421. The molecule has 0 rings (SSSR count). The van der Waals surface area contributed by atoms with Crippen LogP contribution in [0.3, 0.4) is 0 Å². The fourth-order valence-electron chi connectivity index (χ4n) is 0.0577. The number of carbonyl (C=O) groups is 2. The van der Waals surface area contributed by atoms with Crippen LogP contribution in [0.15, 0.2) is 0 Å². The molecule has 14 heavy (non-hydrogen) atoms. The van der Waals surface area contributed by atoms with E-state index in [4.69, 9.17) is 40.2 Å². The van der Waals surface area contributed by atoms with E-state index in [0.717, 1.165) is 0 Å². The van der Waals surface area contributed by atoms with Crippen LogP contribution in [0.1, 0.15) is 0 Å². The summed E-state index contributed by atoms with van der Waals surface area (Å²) in [6.07, 6.45) is -2.79. The summed E-state index contributed by atoms with van der Waals surface area (Å²) < 4.78 is 0. The number of aliphatic hydroxyl groups excluding tert-OH is 3. The van der Waals surface area contributed by atoms with E-state index in [0.29, 0.717) is 0 Å². The van der Waals surface area contributed by atoms with Crippen molar-refractivity contribution < 1.29 is 40.2 Å². The highest BCUT2D eigenvalue weighted by Gasteiger charge is 1.93. The molecule has 0 amide bonds. The van der Waals surface area contributed by atoms with Crippen molar-refractivity contribution in [2.24, 2.45) is 0 Å². The van der Waals surface area contributed by atoms with Gasteiger partial charge in [-0.1, -0.05) is 0 Å². The molecule has 8 nitrogen and oxygen atoms in total. The lowest BCUT2D eigenvalue weighted by molar-refractivity contribution is 0.0450. The Balaban J connectivity index is -0.000000135. The van der Waals surface area contributed by atoms with Gasteiger partial charge in [-0.3, -0.25) is 0 Å². The molecule has 0 aliphatic rings. The third kappa shape index (κ3) is 127. The second-order valence-corrected chi connectivity index (χ2v) is 1.88. The monoisotopic (exact) mass is 234 g/mol. The lowest BCUT2D eigenvalue weighted by Gasteiger charge is -1.96. The molecule has 0 atom stereocenters. The second kappa shape index (κ2) is 14.4. The summed E-state index contributed by atoms with van der Waals surface area (Å²) in [5, 5.41) is 45.1. The summed E-state index contributed by atoms with van der Waals surface area (Å²) in [4.78, 5) is 17.3. The molecule has 0 spiro atoms. The zero-order chi connectivity index (χ0) is 12.1. The number of hydrogen-bond donors (Lipinski definition) is 6. The maximum absolute atomic E-state index is 8.77. The summed E-state index contributed by atoms with van der Waals surface area (Å²) in [6.45, 7) is -0.729. The Kier molecular flexibility index (Phi) is 19.2. The lowest BCUT2D eigenvalue weighted by atomic mass is 10.4. The van der Waals surface area contributed by atoms with E-state index in [1.54, 1.807) is 0 Å². The van der Waals surface area contributed by atoms with Crippen molar-refractivity contribution >= 4 is 23.2 Å². The first-order valence-electron chi connectivity index (χ1n) is 2.98. The molecule has 0 aromatic carbocycles. The van der Waals surface area contributed by atoms with Crippen molar-refractivity contribution in [3.8, 4) is 0 Å². The van der Waals surface area contributed by atoms with Gasteiger partial charge in [-0.15, -0.1) is 0 Å². The quantitative estimate of drug-likeness (QED) is 0.348. The highest BCUT2D eigenvalue weighted by molar-refractivity contribution is 6.60. The molecular weight excluding hydrogens is 223 g/mol. The van der Waals surface area contributed by atoms with Crippen molar-refractivity contribution in [2.45, 2.75) is 6.10 Å². The molecule has 0 fully saturated rings. The number of halogens is 1. The molecule has 0 unspecified atom stereocenters. The van der Waals surface area contributed by atoms with Crippen LogP contribution in [-0.2, 0) is 0 Å². The van der Waals surface area contributed by atoms with Crippen molar-refractivity contribution in [2.75, 3.05) is 13.2 Å². The van der Waals surface area contributed by atoms with Crippen molar-refractivity contribution in [3.05, 3.63) is 0 Å². The molecule has 0 aromatic rings. The van der Waals surface area contributed by atoms with Gasteiger partial charge < -0.3 is 30.6 Å². The van der Waals surface area contributed by atoms with Gasteiger partial charge in [0.15, 0.2) is 0 Å². The standard InChI is InChI=1S/C3H8O3.CHClO2.CH2O3/c4-1-3(6)2-5;2*2-1(3)4/h3-6H,1-2H2;(H,3,4);(H2,2,3,4). The summed E-state index contributed by atoms with van der Waals surface area (Å²) in [5.41, 5.74) is -1.36. The fraction of sp³-hybridized carbons (Fsp3) is 0.600. The van der Waals surface area contributed by atoms with Gasteiger partial charge in [0.05, 0.1) is 13.2 Å². The number of hydrogen-bond acceptors (Lipinski definition) is 5. The summed E-state index contributed by atoms with van der Waals surface area (Å²) in [7, 11) is 0. The van der Waals surface area contributed by atoms with Gasteiger partial charge in [0.2, 0.25) is 0 Å². The molecule has 6 N–H and O–H groups in total. The Morgan fingerprint density at radius 3 is 1.21 bits per heavy atom. The minimum absolute atomic E-state index is 0.365. The van der Waals surface area contributed by atoms with E-state index in [1.165, 1.54) is 0 Å². The predicted octanol–water partition coefficient (Wildman–Crippen LogP) is -0.543. The van der Waals surface area contributed by atoms with Gasteiger partial charge >= 0.3 is 11.6 Å². The maximum atomic E-state index is 8.77. The summed E-state index contributed by atoms with van der Waals surface area (Å²) >= 11 is 4.19. The highest BCUT2D eigenvalue weighted by Crippen LogP contribution is 1.71. The first kappa shape index (κ1) is 18.6. The van der Waals surface area contributed by atoms with Crippen LogP contribution in [0, 0.1) is 0 Å². The first-order chi connectivity index (χ1) is 6.27. The normalized spacial score (nSPS) is 7.79. The number of aliphatic hydroxyl groups is 3. The molecular formula is C5H11ClO8. The molecule has 0 aliphatic heterocycles. The molecule has 9 heteroatoms. The Morgan fingerprint density at radius 2 is 1.21 bits per heavy atom. The SMILES string of the molecule is O=C(O)Cl.O=C(O)O.OCC(O)CO. The predicted molar refractivity (Wildman–Crippen MR) is 44.7 cm³/mol. The second-order valence-electron chi connectivity index (χ2n) is 1.55. The Labute approximate surface area is 83.6 Å². The topological polar surface area (TPSA) is 156 Å².